The van der Waals surface area contributed by atoms with E-state index in [4.69, 9.17) is 9.15 Å². The average Bonchev–Trinajstić information content (AvgIpc) is 3.32. The summed E-state index contributed by atoms with van der Waals surface area (Å²) < 4.78 is 13.3. The van der Waals surface area contributed by atoms with Crippen molar-refractivity contribution < 1.29 is 13.9 Å². The molecule has 0 saturated heterocycles. The van der Waals surface area contributed by atoms with Gasteiger partial charge in [0.15, 0.2) is 0 Å². The second kappa shape index (κ2) is 12.7. The first-order chi connectivity index (χ1) is 19.6. The first kappa shape index (κ1) is 27.3. The van der Waals surface area contributed by atoms with E-state index in [9.17, 15) is 10.1 Å². The fraction of sp³-hybridized carbons (Fsp3) is 0.176. The molecule has 4 aromatic carbocycles. The Morgan fingerprint density at radius 2 is 1.70 bits per heavy atom. The quantitative estimate of drug-likeness (QED) is 0.130. The van der Waals surface area contributed by atoms with E-state index in [1.807, 2.05) is 49.4 Å². The van der Waals surface area contributed by atoms with Gasteiger partial charge in [0.25, 0.3) is 0 Å². The molecule has 1 heterocycles. The van der Waals surface area contributed by atoms with Gasteiger partial charge in [-0.2, -0.15) is 5.26 Å². The van der Waals surface area contributed by atoms with Gasteiger partial charge in [0.05, 0.1) is 18.2 Å². The predicted molar refractivity (Wildman–Crippen MR) is 160 cm³/mol. The summed E-state index contributed by atoms with van der Waals surface area (Å²) in [4.78, 5) is 13.4. The molecule has 5 rings (SSSR count). The lowest BCUT2D eigenvalue weighted by atomic mass is 9.99. The van der Waals surface area contributed by atoms with E-state index in [2.05, 4.69) is 65.0 Å². The molecule has 6 heteroatoms. The number of hydrogen-bond donors (Lipinski definition) is 0. The van der Waals surface area contributed by atoms with Crippen LogP contribution in [0.3, 0.4) is 0 Å². The number of aryl methyl sites for hydroxylation is 1. The van der Waals surface area contributed by atoms with Crippen LogP contribution in [0.5, 0.6) is 0 Å². The molecule has 0 fully saturated rings. The van der Waals surface area contributed by atoms with Crippen LogP contribution >= 0.6 is 11.9 Å². The summed E-state index contributed by atoms with van der Waals surface area (Å²) in [5.74, 6) is -0.172. The molecule has 0 aliphatic heterocycles. The normalized spacial score (nSPS) is 11.1. The molecule has 0 saturated carbocycles. The Kier molecular flexibility index (Phi) is 8.65. The van der Waals surface area contributed by atoms with Crippen molar-refractivity contribution in [3.63, 3.8) is 0 Å². The standard InChI is InChI=1S/C34H30N2O3S/c1-3-38-34(37)33-24(2)31-21-29(17-18-32(31)39-33)40-36(20-19-25-9-5-4-6-10-25)23-26-13-15-27(16-14-26)30-12-8-7-11-28(30)22-35/h4-18,21H,3,19-20,23H2,1-2H3. The SMILES string of the molecule is CCOC(=O)c1oc2ccc(SN(CCc3ccccc3)Cc3ccc(-c4ccccc4C#N)cc3)cc2c1C. The van der Waals surface area contributed by atoms with Crippen molar-refractivity contribution in [1.82, 2.24) is 4.31 Å². The summed E-state index contributed by atoms with van der Waals surface area (Å²) in [6.45, 7) is 5.58. The number of fused-ring (bicyclic) bond motifs is 1. The highest BCUT2D eigenvalue weighted by atomic mass is 32.2. The molecule has 40 heavy (non-hydrogen) atoms. The van der Waals surface area contributed by atoms with Crippen molar-refractivity contribution >= 4 is 28.9 Å². The van der Waals surface area contributed by atoms with E-state index >= 15 is 0 Å². The van der Waals surface area contributed by atoms with Gasteiger partial charge in [0, 0.05) is 28.9 Å². The second-order valence-electron chi connectivity index (χ2n) is 9.48. The van der Waals surface area contributed by atoms with Gasteiger partial charge < -0.3 is 9.15 Å². The van der Waals surface area contributed by atoms with E-state index in [0.717, 1.165) is 46.5 Å². The zero-order chi connectivity index (χ0) is 27.9. The van der Waals surface area contributed by atoms with Gasteiger partial charge in [-0.1, -0.05) is 72.8 Å². The molecule has 5 nitrogen and oxygen atoms in total. The van der Waals surface area contributed by atoms with Gasteiger partial charge >= 0.3 is 5.97 Å². The Morgan fingerprint density at radius 1 is 0.950 bits per heavy atom. The maximum absolute atomic E-state index is 12.3. The molecule has 0 unspecified atom stereocenters. The van der Waals surface area contributed by atoms with Crippen molar-refractivity contribution in [3.8, 4) is 17.2 Å². The number of furan rings is 1. The molecule has 0 aliphatic carbocycles. The molecule has 0 bridgehead atoms. The van der Waals surface area contributed by atoms with Gasteiger partial charge in [0.2, 0.25) is 5.76 Å². The highest BCUT2D eigenvalue weighted by Gasteiger charge is 2.19. The number of nitriles is 1. The highest BCUT2D eigenvalue weighted by Crippen LogP contribution is 2.33. The molecule has 5 aromatic rings. The Morgan fingerprint density at radius 3 is 2.45 bits per heavy atom. The summed E-state index contributed by atoms with van der Waals surface area (Å²) >= 11 is 1.69. The molecule has 1 aromatic heterocycles. The van der Waals surface area contributed by atoms with Gasteiger partial charge in [-0.05, 0) is 78.7 Å². The smallest absolute Gasteiger partial charge is 0.374 e. The fourth-order valence-corrected chi connectivity index (χ4v) is 5.67. The Balaban J connectivity index is 1.38. The van der Waals surface area contributed by atoms with Crippen LogP contribution in [-0.4, -0.2) is 23.4 Å². The summed E-state index contributed by atoms with van der Waals surface area (Å²) in [7, 11) is 0. The van der Waals surface area contributed by atoms with Gasteiger partial charge in [-0.3, -0.25) is 0 Å². The Bertz CT molecular complexity index is 1650. The number of nitrogens with zero attached hydrogens (tertiary/aromatic N) is 2. The van der Waals surface area contributed by atoms with Crippen LogP contribution in [0.15, 0.2) is 106 Å². The molecule has 0 spiro atoms. The number of benzene rings is 4. The molecule has 200 valence electrons. The lowest BCUT2D eigenvalue weighted by Gasteiger charge is -2.22. The Hall–Kier alpha value is -4.31. The van der Waals surface area contributed by atoms with Crippen LogP contribution in [0.25, 0.3) is 22.1 Å². The molecule has 0 N–H and O–H groups in total. The summed E-state index contributed by atoms with van der Waals surface area (Å²) in [5, 5.41) is 10.4. The van der Waals surface area contributed by atoms with Crippen molar-refractivity contribution in [2.75, 3.05) is 13.2 Å². The van der Waals surface area contributed by atoms with Crippen molar-refractivity contribution in [2.24, 2.45) is 0 Å². The monoisotopic (exact) mass is 546 g/mol. The largest absolute Gasteiger partial charge is 0.460 e. The second-order valence-corrected chi connectivity index (χ2v) is 10.6. The van der Waals surface area contributed by atoms with Crippen LogP contribution in [0.1, 0.15) is 39.7 Å². The van der Waals surface area contributed by atoms with E-state index in [1.165, 1.54) is 11.1 Å². The molecule has 0 atom stereocenters. The van der Waals surface area contributed by atoms with Crippen molar-refractivity contribution in [3.05, 3.63) is 125 Å². The lowest BCUT2D eigenvalue weighted by Crippen LogP contribution is -2.18. The minimum atomic E-state index is -0.435. The van der Waals surface area contributed by atoms with Crippen LogP contribution in [0.2, 0.25) is 0 Å². The summed E-state index contributed by atoms with van der Waals surface area (Å²) in [6, 6.07) is 34.9. The number of hydrogen-bond acceptors (Lipinski definition) is 6. The summed E-state index contributed by atoms with van der Waals surface area (Å²) in [6.07, 6.45) is 0.918. The fourth-order valence-electron chi connectivity index (χ4n) is 4.68. The maximum atomic E-state index is 12.3. The molecule has 0 radical (unpaired) electrons. The third-order valence-corrected chi connectivity index (χ3v) is 7.80. The van der Waals surface area contributed by atoms with Crippen LogP contribution < -0.4 is 0 Å². The van der Waals surface area contributed by atoms with Crippen molar-refractivity contribution in [2.45, 2.75) is 31.7 Å². The number of carbonyl (C=O) groups is 1. The van der Waals surface area contributed by atoms with E-state index < -0.39 is 5.97 Å². The van der Waals surface area contributed by atoms with Crippen LogP contribution in [0, 0.1) is 18.3 Å². The minimum Gasteiger partial charge on any atom is -0.460 e. The number of carbonyl (C=O) groups excluding carboxylic acids is 1. The Labute approximate surface area is 239 Å². The highest BCUT2D eigenvalue weighted by molar-refractivity contribution is 7.97. The van der Waals surface area contributed by atoms with E-state index in [0.29, 0.717) is 17.8 Å². The summed E-state index contributed by atoms with van der Waals surface area (Å²) in [5.41, 5.74) is 6.58. The molecular formula is C34H30N2O3S. The topological polar surface area (TPSA) is 66.5 Å². The predicted octanol–water partition coefficient (Wildman–Crippen LogP) is 8.21. The van der Waals surface area contributed by atoms with Gasteiger partial charge in [0.1, 0.15) is 5.58 Å². The third-order valence-electron chi connectivity index (χ3n) is 6.77. The van der Waals surface area contributed by atoms with Gasteiger partial charge in [-0.15, -0.1) is 0 Å². The van der Waals surface area contributed by atoms with Crippen LogP contribution in [0.4, 0.5) is 0 Å². The first-order valence-electron chi connectivity index (χ1n) is 13.3. The lowest BCUT2D eigenvalue weighted by molar-refractivity contribution is 0.0491. The number of rotatable bonds is 10. The van der Waals surface area contributed by atoms with E-state index in [1.54, 1.807) is 18.9 Å². The maximum Gasteiger partial charge on any atom is 0.374 e. The molecule has 0 aliphatic rings. The van der Waals surface area contributed by atoms with Crippen molar-refractivity contribution in [1.29, 1.82) is 5.26 Å². The van der Waals surface area contributed by atoms with Gasteiger partial charge in [-0.25, -0.2) is 9.10 Å². The zero-order valence-electron chi connectivity index (χ0n) is 22.6. The van der Waals surface area contributed by atoms with E-state index in [-0.39, 0.29) is 5.76 Å². The number of esters is 1. The minimum absolute atomic E-state index is 0.262. The zero-order valence-corrected chi connectivity index (χ0v) is 23.4. The van der Waals surface area contributed by atoms with Crippen LogP contribution in [-0.2, 0) is 17.7 Å². The average molecular weight is 547 g/mol. The molecular weight excluding hydrogens is 516 g/mol. The molecule has 0 amide bonds. The number of ether oxygens (including phenoxy) is 1. The first-order valence-corrected chi connectivity index (χ1v) is 14.1. The third kappa shape index (κ3) is 6.28.